The van der Waals surface area contributed by atoms with E-state index >= 15 is 0 Å². The molecule has 3 aromatic heterocycles. The van der Waals surface area contributed by atoms with Crippen LogP contribution in [-0.4, -0.2) is 51.0 Å². The first-order chi connectivity index (χ1) is 13.4. The third-order valence-electron chi connectivity index (χ3n) is 5.35. The Labute approximate surface area is 156 Å². The highest BCUT2D eigenvalue weighted by molar-refractivity contribution is 5.48. The van der Waals surface area contributed by atoms with Crippen molar-refractivity contribution in [3.8, 4) is 0 Å². The number of pyridine rings is 1. The number of nitrogens with zero attached hydrogens (tertiary/aromatic N) is 7. The van der Waals surface area contributed by atoms with E-state index in [0.29, 0.717) is 37.8 Å². The molecule has 2 saturated heterocycles. The van der Waals surface area contributed by atoms with Crippen LogP contribution in [0.5, 0.6) is 0 Å². The molecule has 2 aliphatic rings. The van der Waals surface area contributed by atoms with E-state index in [1.165, 1.54) is 12.1 Å². The van der Waals surface area contributed by atoms with Crippen LogP contribution in [0.4, 0.5) is 29.2 Å². The molecule has 5 rings (SSSR count). The van der Waals surface area contributed by atoms with Crippen LogP contribution in [0.25, 0.3) is 5.65 Å². The van der Waals surface area contributed by atoms with E-state index < -0.39 is 12.0 Å². The number of fused-ring (bicyclic) bond motifs is 2. The highest BCUT2D eigenvalue weighted by atomic mass is 19.4. The quantitative estimate of drug-likeness (QED) is 0.623. The second kappa shape index (κ2) is 6.01. The summed E-state index contributed by atoms with van der Waals surface area (Å²) in [7, 11) is 0. The standard InChI is InChI=1S/C17H15F4N7/c18-12-2-1-5-22-15(12)27-8-10-6-26(7-11(10)9-27)14-4-3-13-23-24-16(17(19,20)21)28(13)25-14/h1-5,10-11H,6-9H2. The SMILES string of the molecule is Fc1cccnc1N1CC2CN(c3ccc4nnc(C(F)(F)F)n4n3)CC2C1. The lowest BCUT2D eigenvalue weighted by molar-refractivity contribution is -0.146. The van der Waals surface area contributed by atoms with Crippen LogP contribution >= 0.6 is 0 Å². The summed E-state index contributed by atoms with van der Waals surface area (Å²) in [5, 5.41) is 10.8. The van der Waals surface area contributed by atoms with E-state index in [1.807, 2.05) is 9.80 Å². The number of hydrogen-bond donors (Lipinski definition) is 0. The predicted octanol–water partition coefficient (Wildman–Crippen LogP) is 2.25. The van der Waals surface area contributed by atoms with Crippen molar-refractivity contribution in [2.24, 2.45) is 11.8 Å². The molecule has 0 spiro atoms. The molecule has 2 atom stereocenters. The van der Waals surface area contributed by atoms with Crippen molar-refractivity contribution in [2.75, 3.05) is 36.0 Å². The van der Waals surface area contributed by atoms with Gasteiger partial charge in [0.2, 0.25) is 0 Å². The molecule has 0 aliphatic carbocycles. The normalized spacial score (nSPS) is 22.3. The lowest BCUT2D eigenvalue weighted by Crippen LogP contribution is -2.30. The molecule has 0 bridgehead atoms. The molecule has 5 heterocycles. The Morgan fingerprint density at radius 2 is 1.64 bits per heavy atom. The average Bonchev–Trinajstić information content (AvgIpc) is 3.33. The summed E-state index contributed by atoms with van der Waals surface area (Å²) in [6.45, 7) is 2.57. The summed E-state index contributed by atoms with van der Waals surface area (Å²) in [4.78, 5) is 8.02. The summed E-state index contributed by atoms with van der Waals surface area (Å²) in [6.07, 6.45) is -3.06. The van der Waals surface area contributed by atoms with Gasteiger partial charge in [0, 0.05) is 44.2 Å². The zero-order valence-electron chi connectivity index (χ0n) is 14.5. The highest BCUT2D eigenvalue weighted by Gasteiger charge is 2.42. The number of rotatable bonds is 2. The second-order valence-corrected chi connectivity index (χ2v) is 7.12. The van der Waals surface area contributed by atoms with Gasteiger partial charge in [-0.15, -0.1) is 15.3 Å². The minimum Gasteiger partial charge on any atom is -0.354 e. The van der Waals surface area contributed by atoms with Crippen LogP contribution < -0.4 is 9.80 Å². The van der Waals surface area contributed by atoms with Gasteiger partial charge in [-0.25, -0.2) is 9.37 Å². The third-order valence-corrected chi connectivity index (χ3v) is 5.35. The molecular weight excluding hydrogens is 378 g/mol. The number of aromatic nitrogens is 5. The van der Waals surface area contributed by atoms with Crippen LogP contribution in [0.3, 0.4) is 0 Å². The summed E-state index contributed by atoms with van der Waals surface area (Å²) in [6, 6.07) is 6.08. The average molecular weight is 393 g/mol. The van der Waals surface area contributed by atoms with Gasteiger partial charge in [0.25, 0.3) is 5.82 Å². The van der Waals surface area contributed by atoms with Crippen molar-refractivity contribution in [1.29, 1.82) is 0 Å². The van der Waals surface area contributed by atoms with Gasteiger partial charge in [-0.2, -0.15) is 17.7 Å². The first kappa shape index (κ1) is 17.1. The van der Waals surface area contributed by atoms with E-state index in [0.717, 1.165) is 4.52 Å². The first-order valence-corrected chi connectivity index (χ1v) is 8.80. The van der Waals surface area contributed by atoms with Gasteiger partial charge < -0.3 is 9.80 Å². The minimum atomic E-state index is -4.63. The van der Waals surface area contributed by atoms with Crippen molar-refractivity contribution in [3.05, 3.63) is 42.1 Å². The Balaban J connectivity index is 1.36. The number of anilines is 2. The molecule has 28 heavy (non-hydrogen) atoms. The van der Waals surface area contributed by atoms with Crippen molar-refractivity contribution in [1.82, 2.24) is 24.8 Å². The molecule has 7 nitrogen and oxygen atoms in total. The van der Waals surface area contributed by atoms with Gasteiger partial charge >= 0.3 is 6.18 Å². The Bertz CT molecular complexity index is 1020. The van der Waals surface area contributed by atoms with Gasteiger partial charge in [0.15, 0.2) is 17.3 Å². The fourth-order valence-corrected chi connectivity index (χ4v) is 4.09. The zero-order chi connectivity index (χ0) is 19.5. The second-order valence-electron chi connectivity index (χ2n) is 7.12. The fraction of sp³-hybridized carbons (Fsp3) is 0.412. The molecule has 2 unspecified atom stereocenters. The van der Waals surface area contributed by atoms with Crippen LogP contribution in [0.15, 0.2) is 30.5 Å². The van der Waals surface area contributed by atoms with Crippen molar-refractivity contribution < 1.29 is 17.6 Å². The number of alkyl halides is 3. The number of halogens is 4. The topological polar surface area (TPSA) is 62.5 Å². The molecule has 2 aliphatic heterocycles. The van der Waals surface area contributed by atoms with E-state index in [4.69, 9.17) is 0 Å². The molecule has 0 radical (unpaired) electrons. The zero-order valence-corrected chi connectivity index (χ0v) is 14.5. The summed E-state index contributed by atoms with van der Waals surface area (Å²) < 4.78 is 53.9. The third kappa shape index (κ3) is 2.72. The molecule has 0 N–H and O–H groups in total. The predicted molar refractivity (Wildman–Crippen MR) is 91.4 cm³/mol. The molecule has 11 heteroatoms. The van der Waals surface area contributed by atoms with Crippen LogP contribution in [-0.2, 0) is 6.18 Å². The van der Waals surface area contributed by atoms with Gasteiger partial charge in [-0.1, -0.05) is 0 Å². The molecule has 2 fully saturated rings. The molecule has 0 aromatic carbocycles. The van der Waals surface area contributed by atoms with Crippen molar-refractivity contribution in [2.45, 2.75) is 6.18 Å². The minimum absolute atomic E-state index is 0.0484. The Kier molecular flexibility index (Phi) is 3.68. The Hall–Kier alpha value is -2.98. The van der Waals surface area contributed by atoms with Gasteiger partial charge in [0.1, 0.15) is 5.82 Å². The maximum Gasteiger partial charge on any atom is 0.453 e. The van der Waals surface area contributed by atoms with E-state index in [9.17, 15) is 17.6 Å². The number of hydrogen-bond acceptors (Lipinski definition) is 6. The van der Waals surface area contributed by atoms with E-state index in [-0.39, 0.29) is 23.3 Å². The van der Waals surface area contributed by atoms with E-state index in [1.54, 1.807) is 18.3 Å². The molecule has 0 amide bonds. The van der Waals surface area contributed by atoms with Gasteiger partial charge in [0.05, 0.1) is 0 Å². The lowest BCUT2D eigenvalue weighted by Gasteiger charge is -2.23. The van der Waals surface area contributed by atoms with Crippen LogP contribution in [0, 0.1) is 17.7 Å². The van der Waals surface area contributed by atoms with Crippen LogP contribution in [0.1, 0.15) is 5.82 Å². The maximum atomic E-state index is 14.0. The van der Waals surface area contributed by atoms with Crippen LogP contribution in [0.2, 0.25) is 0 Å². The summed E-state index contributed by atoms with van der Waals surface area (Å²) in [5.41, 5.74) is 0.0484. The largest absolute Gasteiger partial charge is 0.453 e. The lowest BCUT2D eigenvalue weighted by atomic mass is 10.0. The van der Waals surface area contributed by atoms with Gasteiger partial charge in [-0.3, -0.25) is 0 Å². The summed E-state index contributed by atoms with van der Waals surface area (Å²) >= 11 is 0. The van der Waals surface area contributed by atoms with Crippen molar-refractivity contribution >= 4 is 17.3 Å². The van der Waals surface area contributed by atoms with E-state index in [2.05, 4.69) is 20.3 Å². The smallest absolute Gasteiger partial charge is 0.354 e. The molecule has 0 saturated carbocycles. The Morgan fingerprint density at radius 3 is 2.32 bits per heavy atom. The molecular formula is C17H15F4N7. The maximum absolute atomic E-state index is 14.0. The highest BCUT2D eigenvalue weighted by Crippen LogP contribution is 2.36. The first-order valence-electron chi connectivity index (χ1n) is 8.80. The summed E-state index contributed by atoms with van der Waals surface area (Å²) in [5.74, 6) is -0.159. The molecule has 146 valence electrons. The monoisotopic (exact) mass is 393 g/mol. The van der Waals surface area contributed by atoms with Gasteiger partial charge in [-0.05, 0) is 24.3 Å². The van der Waals surface area contributed by atoms with Crippen molar-refractivity contribution in [3.63, 3.8) is 0 Å². The Morgan fingerprint density at radius 1 is 0.929 bits per heavy atom. The fourth-order valence-electron chi connectivity index (χ4n) is 4.09. The molecule has 3 aromatic rings.